The third kappa shape index (κ3) is 2.63. The number of aliphatic hydroxyl groups is 1. The van der Waals surface area contributed by atoms with E-state index < -0.39 is 4.92 Å². The normalized spacial score (nSPS) is 16.4. The summed E-state index contributed by atoms with van der Waals surface area (Å²) in [4.78, 5) is 14.5. The molecule has 2 aromatic rings. The van der Waals surface area contributed by atoms with Crippen molar-refractivity contribution in [1.29, 1.82) is 0 Å². The number of nitrogens with zero attached hydrogens (tertiary/aromatic N) is 4. The van der Waals surface area contributed by atoms with Gasteiger partial charge in [-0.3, -0.25) is 14.8 Å². The maximum Gasteiger partial charge on any atom is 0.270 e. The van der Waals surface area contributed by atoms with Gasteiger partial charge in [-0.15, -0.1) is 0 Å². The predicted molar refractivity (Wildman–Crippen MR) is 72.5 cm³/mol. The Hall–Kier alpha value is -2.32. The van der Waals surface area contributed by atoms with Crippen LogP contribution < -0.4 is 0 Å². The lowest BCUT2D eigenvalue weighted by Crippen LogP contribution is -2.48. The Morgan fingerprint density at radius 1 is 1.48 bits per heavy atom. The molecule has 0 radical (unpaired) electrons. The molecule has 1 N–H and O–H groups in total. The van der Waals surface area contributed by atoms with E-state index in [0.29, 0.717) is 31.1 Å². The van der Waals surface area contributed by atoms with Crippen LogP contribution in [0.4, 0.5) is 5.69 Å². The van der Waals surface area contributed by atoms with Crippen LogP contribution in [-0.4, -0.2) is 44.6 Å². The van der Waals surface area contributed by atoms with Crippen molar-refractivity contribution in [2.45, 2.75) is 6.54 Å². The first-order valence-electron chi connectivity index (χ1n) is 6.45. The van der Waals surface area contributed by atoms with Crippen LogP contribution in [-0.2, 0) is 11.3 Å². The van der Waals surface area contributed by atoms with Crippen molar-refractivity contribution in [3.05, 3.63) is 40.7 Å². The van der Waals surface area contributed by atoms with E-state index in [2.05, 4.69) is 10.1 Å². The van der Waals surface area contributed by atoms with Gasteiger partial charge in [0.15, 0.2) is 5.82 Å². The number of aliphatic hydroxyl groups excluding tert-OH is 1. The zero-order valence-corrected chi connectivity index (χ0v) is 11.2. The summed E-state index contributed by atoms with van der Waals surface area (Å²) in [5.41, 5.74) is 0.294. The molecule has 1 aliphatic heterocycles. The maximum atomic E-state index is 10.8. The summed E-state index contributed by atoms with van der Waals surface area (Å²) in [5, 5.41) is 24.5. The van der Waals surface area contributed by atoms with Crippen LogP contribution in [0.25, 0.3) is 11.4 Å². The summed E-state index contributed by atoms with van der Waals surface area (Å²) in [6.07, 6.45) is 1.56. The highest BCUT2D eigenvalue weighted by Gasteiger charge is 2.38. The molecule has 0 amide bonds. The van der Waals surface area contributed by atoms with E-state index in [-0.39, 0.29) is 17.7 Å². The molecular weight excluding hydrogens is 276 g/mol. The molecule has 3 rings (SSSR count). The second-order valence-corrected chi connectivity index (χ2v) is 5.22. The van der Waals surface area contributed by atoms with E-state index in [4.69, 9.17) is 4.74 Å². The number of non-ortho nitro benzene ring substituents is 1. The van der Waals surface area contributed by atoms with Crippen LogP contribution in [0, 0.1) is 15.5 Å². The zero-order chi connectivity index (χ0) is 14.9. The largest absolute Gasteiger partial charge is 0.396 e. The van der Waals surface area contributed by atoms with E-state index in [9.17, 15) is 15.2 Å². The van der Waals surface area contributed by atoms with Crippen LogP contribution in [0.15, 0.2) is 30.6 Å². The van der Waals surface area contributed by atoms with Crippen molar-refractivity contribution in [3.63, 3.8) is 0 Å². The van der Waals surface area contributed by atoms with Gasteiger partial charge in [-0.05, 0) is 0 Å². The number of hydrogen-bond acceptors (Lipinski definition) is 6. The van der Waals surface area contributed by atoms with Gasteiger partial charge >= 0.3 is 0 Å². The van der Waals surface area contributed by atoms with Crippen molar-refractivity contribution in [2.75, 3.05) is 19.8 Å². The van der Waals surface area contributed by atoms with Crippen molar-refractivity contribution < 1.29 is 14.8 Å². The monoisotopic (exact) mass is 290 g/mol. The third-order valence-electron chi connectivity index (χ3n) is 3.50. The van der Waals surface area contributed by atoms with Crippen molar-refractivity contribution >= 4 is 5.69 Å². The molecule has 0 saturated carbocycles. The van der Waals surface area contributed by atoms with Gasteiger partial charge in [0.1, 0.15) is 6.33 Å². The first-order valence-corrected chi connectivity index (χ1v) is 6.45. The molecule has 110 valence electrons. The zero-order valence-electron chi connectivity index (χ0n) is 11.2. The second kappa shape index (κ2) is 5.23. The summed E-state index contributed by atoms with van der Waals surface area (Å²) < 4.78 is 6.77. The average Bonchev–Trinajstić information content (AvgIpc) is 2.91. The van der Waals surface area contributed by atoms with E-state index >= 15 is 0 Å². The highest BCUT2D eigenvalue weighted by atomic mass is 16.6. The molecule has 1 fully saturated rings. The fourth-order valence-corrected chi connectivity index (χ4v) is 2.23. The molecule has 0 bridgehead atoms. The van der Waals surface area contributed by atoms with Crippen LogP contribution >= 0.6 is 0 Å². The van der Waals surface area contributed by atoms with E-state index in [1.807, 2.05) is 0 Å². The summed E-state index contributed by atoms with van der Waals surface area (Å²) in [7, 11) is 0. The number of aromatic nitrogens is 3. The summed E-state index contributed by atoms with van der Waals surface area (Å²) in [6, 6.07) is 6.19. The molecule has 21 heavy (non-hydrogen) atoms. The molecule has 8 nitrogen and oxygen atoms in total. The minimum atomic E-state index is -0.451. The lowest BCUT2D eigenvalue weighted by atomic mass is 9.87. The SMILES string of the molecule is O=[N+]([O-])c1cccc(-c2ncn(CC3(CO)COC3)n2)c1. The van der Waals surface area contributed by atoms with Crippen LogP contribution in [0.5, 0.6) is 0 Å². The Bertz CT molecular complexity index is 660. The molecule has 8 heteroatoms. The van der Waals surface area contributed by atoms with E-state index in [0.717, 1.165) is 0 Å². The molecule has 2 heterocycles. The second-order valence-electron chi connectivity index (χ2n) is 5.22. The fourth-order valence-electron chi connectivity index (χ4n) is 2.23. The minimum Gasteiger partial charge on any atom is -0.396 e. The van der Waals surface area contributed by atoms with Gasteiger partial charge in [-0.1, -0.05) is 12.1 Å². The summed E-state index contributed by atoms with van der Waals surface area (Å²) in [6.45, 7) is 1.52. The molecule has 1 saturated heterocycles. The van der Waals surface area contributed by atoms with Gasteiger partial charge in [0.05, 0.1) is 36.7 Å². The quantitative estimate of drug-likeness (QED) is 0.647. The lowest BCUT2D eigenvalue weighted by molar-refractivity contribution is -0.384. The van der Waals surface area contributed by atoms with Crippen molar-refractivity contribution in [3.8, 4) is 11.4 Å². The smallest absolute Gasteiger partial charge is 0.270 e. The minimum absolute atomic E-state index is 0.00284. The van der Waals surface area contributed by atoms with E-state index in [1.165, 1.54) is 12.1 Å². The van der Waals surface area contributed by atoms with Gasteiger partial charge in [0.25, 0.3) is 5.69 Å². The van der Waals surface area contributed by atoms with Crippen molar-refractivity contribution in [2.24, 2.45) is 5.41 Å². The molecule has 0 atom stereocenters. The van der Waals surface area contributed by atoms with Crippen LogP contribution in [0.3, 0.4) is 0 Å². The number of rotatable bonds is 5. The number of nitro benzene ring substituents is 1. The highest BCUT2D eigenvalue weighted by molar-refractivity contribution is 5.58. The third-order valence-corrected chi connectivity index (χ3v) is 3.50. The molecule has 0 unspecified atom stereocenters. The average molecular weight is 290 g/mol. The number of nitro groups is 1. The number of ether oxygens (including phenoxy) is 1. The lowest BCUT2D eigenvalue weighted by Gasteiger charge is -2.39. The Balaban J connectivity index is 1.81. The highest BCUT2D eigenvalue weighted by Crippen LogP contribution is 2.29. The Labute approximate surface area is 120 Å². The molecule has 1 aromatic heterocycles. The Morgan fingerprint density at radius 2 is 2.29 bits per heavy atom. The van der Waals surface area contributed by atoms with E-state index in [1.54, 1.807) is 23.1 Å². The summed E-state index contributed by atoms with van der Waals surface area (Å²) >= 11 is 0. The molecule has 0 spiro atoms. The van der Waals surface area contributed by atoms with Gasteiger partial charge in [0, 0.05) is 17.7 Å². The molecular formula is C13H14N4O4. The van der Waals surface area contributed by atoms with Gasteiger partial charge in [-0.25, -0.2) is 4.98 Å². The molecule has 1 aliphatic rings. The summed E-state index contributed by atoms with van der Waals surface area (Å²) in [5.74, 6) is 0.423. The number of hydrogen-bond donors (Lipinski definition) is 1. The van der Waals surface area contributed by atoms with Crippen LogP contribution in [0.1, 0.15) is 0 Å². The van der Waals surface area contributed by atoms with Gasteiger partial charge in [-0.2, -0.15) is 5.10 Å². The van der Waals surface area contributed by atoms with Gasteiger partial charge in [0.2, 0.25) is 0 Å². The molecule has 0 aliphatic carbocycles. The topological polar surface area (TPSA) is 103 Å². The molecule has 1 aromatic carbocycles. The Morgan fingerprint density at radius 3 is 2.90 bits per heavy atom. The number of benzene rings is 1. The van der Waals surface area contributed by atoms with Gasteiger partial charge < -0.3 is 9.84 Å². The predicted octanol–water partition coefficient (Wildman–Crippen LogP) is 0.862. The fraction of sp³-hybridized carbons (Fsp3) is 0.385. The first kappa shape index (κ1) is 13.7. The first-order chi connectivity index (χ1) is 10.1. The van der Waals surface area contributed by atoms with Crippen LogP contribution in [0.2, 0.25) is 0 Å². The maximum absolute atomic E-state index is 10.8. The van der Waals surface area contributed by atoms with Crippen molar-refractivity contribution in [1.82, 2.24) is 14.8 Å². The standard InChI is InChI=1S/C13H14N4O4/c18-6-13(7-21-8-13)5-16-9-14-12(15-16)10-2-1-3-11(4-10)17(19)20/h1-4,9,18H,5-8H2. The Kier molecular flexibility index (Phi) is 3.40.